The van der Waals surface area contributed by atoms with E-state index in [1.54, 1.807) is 0 Å². The second kappa shape index (κ2) is 12.8. The minimum atomic E-state index is -0.399. The van der Waals surface area contributed by atoms with E-state index in [1.807, 2.05) is 0 Å². The fourth-order valence-electron chi connectivity index (χ4n) is 9.67. The number of nitrogens with zero attached hydrogens (tertiary/aromatic N) is 1. The molecule has 264 valence electrons. The molecule has 1 heterocycles. The van der Waals surface area contributed by atoms with Crippen LogP contribution in [0.1, 0.15) is 46.2 Å². The Hall–Kier alpha value is -6.96. The molecule has 1 aromatic heterocycles. The van der Waals surface area contributed by atoms with Crippen molar-refractivity contribution in [1.82, 2.24) is 4.57 Å². The number of rotatable bonds is 6. The standard InChI is InChI=1S/C55H39N/c1-37(38-15-14-18-45(35-38)55(44-16-4-2-5-17-44)51-24-11-8-21-47(51)48-22-9-12-25-52(48)55)39-27-28-41-34-42(30-29-40(41)33-39)43-31-32-54-50(36-43)49-23-10-13-26-53(49)56(54)46-19-6-3-7-20-46/h2-37H,1H3/t37-/m0/s1. The normalized spacial score (nSPS) is 13.5. The lowest BCUT2D eigenvalue weighted by Crippen LogP contribution is -2.28. The molecule has 0 saturated heterocycles. The minimum Gasteiger partial charge on any atom is -0.309 e. The molecular formula is C55H39N. The van der Waals surface area contributed by atoms with E-state index in [2.05, 4.69) is 224 Å². The average Bonchev–Trinajstić information content (AvgIpc) is 3.77. The lowest BCUT2D eigenvalue weighted by Gasteiger charge is -2.34. The predicted octanol–water partition coefficient (Wildman–Crippen LogP) is 14.1. The fraction of sp³-hybridized carbons (Fsp3) is 0.0545. The molecular weight excluding hydrogens is 675 g/mol. The fourth-order valence-corrected chi connectivity index (χ4v) is 9.67. The SMILES string of the molecule is C[C@@H](c1cccc(C2(c3ccccc3)c3ccccc3-c3ccccc32)c1)c1ccc2cc(-c3ccc4c(c3)c3ccccc3n4-c3ccccc3)ccc2c1. The summed E-state index contributed by atoms with van der Waals surface area (Å²) in [5.41, 5.74) is 16.3. The van der Waals surface area contributed by atoms with Gasteiger partial charge in [0.05, 0.1) is 16.4 Å². The Balaban J connectivity index is 0.968. The lowest BCUT2D eigenvalue weighted by molar-refractivity contribution is 0.763. The third kappa shape index (κ3) is 4.87. The van der Waals surface area contributed by atoms with E-state index < -0.39 is 5.41 Å². The second-order valence-electron chi connectivity index (χ2n) is 15.3. The number of fused-ring (bicyclic) bond motifs is 7. The van der Waals surface area contributed by atoms with Crippen LogP contribution in [0.4, 0.5) is 0 Å². The van der Waals surface area contributed by atoms with E-state index in [4.69, 9.17) is 0 Å². The molecule has 9 aromatic carbocycles. The van der Waals surface area contributed by atoms with Gasteiger partial charge in [0.25, 0.3) is 0 Å². The number of hydrogen-bond donors (Lipinski definition) is 0. The molecule has 0 radical (unpaired) electrons. The lowest BCUT2D eigenvalue weighted by atomic mass is 9.67. The highest BCUT2D eigenvalue weighted by Gasteiger charge is 2.45. The number of benzene rings is 9. The highest BCUT2D eigenvalue weighted by molar-refractivity contribution is 6.10. The molecule has 0 spiro atoms. The summed E-state index contributed by atoms with van der Waals surface area (Å²) >= 11 is 0. The zero-order valence-electron chi connectivity index (χ0n) is 31.2. The van der Waals surface area contributed by atoms with Crippen LogP contribution >= 0.6 is 0 Å². The van der Waals surface area contributed by atoms with Gasteiger partial charge in [-0.15, -0.1) is 0 Å². The van der Waals surface area contributed by atoms with Crippen LogP contribution in [-0.4, -0.2) is 4.57 Å². The van der Waals surface area contributed by atoms with Gasteiger partial charge in [-0.1, -0.05) is 183 Å². The van der Waals surface area contributed by atoms with Gasteiger partial charge in [0.1, 0.15) is 0 Å². The molecule has 1 aliphatic carbocycles. The first-order chi connectivity index (χ1) is 27.7. The monoisotopic (exact) mass is 713 g/mol. The van der Waals surface area contributed by atoms with Gasteiger partial charge in [0.15, 0.2) is 0 Å². The van der Waals surface area contributed by atoms with Gasteiger partial charge < -0.3 is 4.57 Å². The molecule has 0 unspecified atom stereocenters. The Labute approximate surface area is 327 Å². The van der Waals surface area contributed by atoms with E-state index in [0.29, 0.717) is 0 Å². The highest BCUT2D eigenvalue weighted by Crippen LogP contribution is 2.56. The smallest absolute Gasteiger partial charge is 0.0713 e. The van der Waals surface area contributed by atoms with Crippen molar-refractivity contribution in [1.29, 1.82) is 0 Å². The summed E-state index contributed by atoms with van der Waals surface area (Å²) in [6, 6.07) is 78.7. The van der Waals surface area contributed by atoms with Crippen molar-refractivity contribution in [3.63, 3.8) is 0 Å². The molecule has 10 aromatic rings. The number of para-hydroxylation sites is 2. The Morgan fingerprint density at radius 2 is 0.964 bits per heavy atom. The molecule has 0 bridgehead atoms. The second-order valence-corrected chi connectivity index (χ2v) is 15.3. The molecule has 1 nitrogen and oxygen atoms in total. The van der Waals surface area contributed by atoms with Crippen LogP contribution in [0.3, 0.4) is 0 Å². The van der Waals surface area contributed by atoms with E-state index in [1.165, 1.54) is 93.9 Å². The summed E-state index contributed by atoms with van der Waals surface area (Å²) in [6.45, 7) is 2.35. The van der Waals surface area contributed by atoms with Crippen molar-refractivity contribution in [2.24, 2.45) is 0 Å². The van der Waals surface area contributed by atoms with Crippen LogP contribution in [0, 0.1) is 0 Å². The van der Waals surface area contributed by atoms with Gasteiger partial charge in [0.2, 0.25) is 0 Å². The maximum Gasteiger partial charge on any atom is 0.0713 e. The first-order valence-electron chi connectivity index (χ1n) is 19.7. The predicted molar refractivity (Wildman–Crippen MR) is 235 cm³/mol. The van der Waals surface area contributed by atoms with Gasteiger partial charge in [-0.05, 0) is 103 Å². The molecule has 0 fully saturated rings. The van der Waals surface area contributed by atoms with Gasteiger partial charge in [-0.25, -0.2) is 0 Å². The van der Waals surface area contributed by atoms with Crippen molar-refractivity contribution < 1.29 is 0 Å². The Morgan fingerprint density at radius 1 is 0.393 bits per heavy atom. The molecule has 0 aliphatic heterocycles. The summed E-state index contributed by atoms with van der Waals surface area (Å²) in [5, 5.41) is 5.05. The van der Waals surface area contributed by atoms with Crippen molar-refractivity contribution in [2.75, 3.05) is 0 Å². The first-order valence-corrected chi connectivity index (χ1v) is 19.7. The summed E-state index contributed by atoms with van der Waals surface area (Å²) in [4.78, 5) is 0. The van der Waals surface area contributed by atoms with E-state index in [0.717, 1.165) is 0 Å². The maximum absolute atomic E-state index is 2.47. The maximum atomic E-state index is 2.47. The molecule has 1 aliphatic rings. The molecule has 1 heteroatoms. The van der Waals surface area contributed by atoms with E-state index >= 15 is 0 Å². The van der Waals surface area contributed by atoms with Crippen LogP contribution in [-0.2, 0) is 5.41 Å². The minimum absolute atomic E-state index is 0.211. The summed E-state index contributed by atoms with van der Waals surface area (Å²) < 4.78 is 2.38. The molecule has 1 atom stereocenters. The van der Waals surface area contributed by atoms with Crippen LogP contribution in [0.25, 0.3) is 60.5 Å². The highest BCUT2D eigenvalue weighted by atomic mass is 15.0. The van der Waals surface area contributed by atoms with Gasteiger partial charge >= 0.3 is 0 Å². The molecule has 0 amide bonds. The van der Waals surface area contributed by atoms with Crippen LogP contribution in [0.15, 0.2) is 212 Å². The summed E-state index contributed by atoms with van der Waals surface area (Å²) in [5.74, 6) is 0.211. The first kappa shape index (κ1) is 32.5. The largest absolute Gasteiger partial charge is 0.309 e. The summed E-state index contributed by atoms with van der Waals surface area (Å²) in [6.07, 6.45) is 0. The van der Waals surface area contributed by atoms with Crippen molar-refractivity contribution in [3.8, 4) is 27.9 Å². The van der Waals surface area contributed by atoms with Crippen molar-refractivity contribution in [2.45, 2.75) is 18.3 Å². The third-order valence-corrected chi connectivity index (χ3v) is 12.4. The molecule has 56 heavy (non-hydrogen) atoms. The third-order valence-electron chi connectivity index (χ3n) is 12.4. The van der Waals surface area contributed by atoms with Crippen LogP contribution in [0.2, 0.25) is 0 Å². The Bertz CT molecular complexity index is 3050. The van der Waals surface area contributed by atoms with Crippen LogP contribution in [0.5, 0.6) is 0 Å². The van der Waals surface area contributed by atoms with Gasteiger partial charge in [-0.3, -0.25) is 0 Å². The molecule has 11 rings (SSSR count). The number of hydrogen-bond acceptors (Lipinski definition) is 0. The zero-order valence-corrected chi connectivity index (χ0v) is 31.2. The zero-order chi connectivity index (χ0) is 37.2. The topological polar surface area (TPSA) is 4.93 Å². The quantitative estimate of drug-likeness (QED) is 0.162. The number of aromatic nitrogens is 1. The summed E-state index contributed by atoms with van der Waals surface area (Å²) in [7, 11) is 0. The Kier molecular flexibility index (Phi) is 7.44. The molecule has 0 N–H and O–H groups in total. The van der Waals surface area contributed by atoms with Crippen molar-refractivity contribution in [3.05, 3.63) is 246 Å². The Morgan fingerprint density at radius 3 is 1.75 bits per heavy atom. The van der Waals surface area contributed by atoms with E-state index in [-0.39, 0.29) is 5.92 Å². The average molecular weight is 714 g/mol. The van der Waals surface area contributed by atoms with E-state index in [9.17, 15) is 0 Å². The van der Waals surface area contributed by atoms with Crippen LogP contribution < -0.4 is 0 Å². The van der Waals surface area contributed by atoms with Gasteiger partial charge in [-0.2, -0.15) is 0 Å². The van der Waals surface area contributed by atoms with Crippen molar-refractivity contribution >= 4 is 32.6 Å². The molecule has 0 saturated carbocycles. The van der Waals surface area contributed by atoms with Gasteiger partial charge in [0, 0.05) is 22.4 Å².